The van der Waals surface area contributed by atoms with Crippen LogP contribution in [-0.4, -0.2) is 52.7 Å². The summed E-state index contributed by atoms with van der Waals surface area (Å²) in [5.74, 6) is -0.0488. The van der Waals surface area contributed by atoms with Gasteiger partial charge in [0.15, 0.2) is 0 Å². The van der Waals surface area contributed by atoms with E-state index in [-0.39, 0.29) is 11.8 Å². The lowest BCUT2D eigenvalue weighted by molar-refractivity contribution is -0.125. The highest BCUT2D eigenvalue weighted by molar-refractivity contribution is 5.92. The molecule has 0 aliphatic carbocycles. The first kappa shape index (κ1) is 17.2. The molecule has 7 heteroatoms. The molecule has 25 heavy (non-hydrogen) atoms. The zero-order valence-corrected chi connectivity index (χ0v) is 14.6. The van der Waals surface area contributed by atoms with Gasteiger partial charge in [-0.05, 0) is 26.0 Å². The number of carbonyl (C=O) groups excluding carboxylic acids is 2. The molecule has 2 N–H and O–H groups in total. The second-order valence-corrected chi connectivity index (χ2v) is 6.22. The zero-order valence-electron chi connectivity index (χ0n) is 14.6. The molecule has 2 aromatic rings. The first-order valence-electron chi connectivity index (χ1n) is 8.45. The summed E-state index contributed by atoms with van der Waals surface area (Å²) in [5, 5.41) is 10.3. The number of aryl methyl sites for hydroxylation is 1. The molecule has 1 aliphatic rings. The van der Waals surface area contributed by atoms with Crippen LogP contribution in [0.3, 0.4) is 0 Å². The number of anilines is 1. The summed E-state index contributed by atoms with van der Waals surface area (Å²) in [6.07, 6.45) is 0.350. The molecule has 0 bridgehead atoms. The highest BCUT2D eigenvalue weighted by atomic mass is 16.2. The third-order valence-corrected chi connectivity index (χ3v) is 4.33. The predicted molar refractivity (Wildman–Crippen MR) is 95.7 cm³/mol. The monoisotopic (exact) mass is 341 g/mol. The molecule has 1 aliphatic heterocycles. The predicted octanol–water partition coefficient (Wildman–Crippen LogP) is 1.25. The van der Waals surface area contributed by atoms with Gasteiger partial charge < -0.3 is 10.6 Å². The van der Waals surface area contributed by atoms with Crippen LogP contribution in [0.5, 0.6) is 0 Å². The largest absolute Gasteiger partial charge is 0.354 e. The SMILES string of the molecule is Cc1nn(-c2ccccc2)c(C)c1NC(=O)CCN1CCNC(=O)C1. The van der Waals surface area contributed by atoms with Crippen LogP contribution in [0.1, 0.15) is 17.8 Å². The lowest BCUT2D eigenvalue weighted by Crippen LogP contribution is -2.48. The summed E-state index contributed by atoms with van der Waals surface area (Å²) in [5.41, 5.74) is 3.40. The summed E-state index contributed by atoms with van der Waals surface area (Å²) in [4.78, 5) is 25.7. The second kappa shape index (κ2) is 7.48. The number of rotatable bonds is 5. The van der Waals surface area contributed by atoms with Gasteiger partial charge in [0.25, 0.3) is 0 Å². The minimum Gasteiger partial charge on any atom is -0.354 e. The van der Waals surface area contributed by atoms with E-state index in [1.54, 1.807) is 0 Å². The molecule has 1 aromatic carbocycles. The summed E-state index contributed by atoms with van der Waals surface area (Å²) >= 11 is 0. The van der Waals surface area contributed by atoms with Gasteiger partial charge in [-0.1, -0.05) is 18.2 Å². The van der Waals surface area contributed by atoms with Crippen molar-refractivity contribution in [2.75, 3.05) is 31.5 Å². The number of aromatic nitrogens is 2. The van der Waals surface area contributed by atoms with E-state index in [4.69, 9.17) is 0 Å². The van der Waals surface area contributed by atoms with Crippen molar-refractivity contribution in [2.45, 2.75) is 20.3 Å². The highest BCUT2D eigenvalue weighted by Gasteiger charge is 2.18. The molecule has 2 amide bonds. The van der Waals surface area contributed by atoms with E-state index in [0.717, 1.165) is 29.3 Å². The molecule has 0 radical (unpaired) electrons. The Bertz CT molecular complexity index is 769. The van der Waals surface area contributed by atoms with E-state index in [1.807, 2.05) is 53.8 Å². The summed E-state index contributed by atoms with van der Waals surface area (Å²) in [6.45, 7) is 6.18. The second-order valence-electron chi connectivity index (χ2n) is 6.22. The maximum atomic E-state index is 12.3. The van der Waals surface area contributed by atoms with Gasteiger partial charge in [-0.3, -0.25) is 14.5 Å². The fourth-order valence-corrected chi connectivity index (χ4v) is 2.99. The van der Waals surface area contributed by atoms with Crippen LogP contribution in [0, 0.1) is 13.8 Å². The van der Waals surface area contributed by atoms with Gasteiger partial charge in [-0.25, -0.2) is 4.68 Å². The average molecular weight is 341 g/mol. The molecule has 3 rings (SSSR count). The van der Waals surface area contributed by atoms with Gasteiger partial charge >= 0.3 is 0 Å². The van der Waals surface area contributed by atoms with Crippen molar-refractivity contribution >= 4 is 17.5 Å². The first-order chi connectivity index (χ1) is 12.0. The Morgan fingerprint density at radius 1 is 1.28 bits per heavy atom. The van der Waals surface area contributed by atoms with Crippen molar-refractivity contribution < 1.29 is 9.59 Å². The van der Waals surface area contributed by atoms with E-state index in [2.05, 4.69) is 15.7 Å². The van der Waals surface area contributed by atoms with Crippen molar-refractivity contribution in [3.8, 4) is 5.69 Å². The molecular weight excluding hydrogens is 318 g/mol. The lowest BCUT2D eigenvalue weighted by Gasteiger charge is -2.26. The summed E-state index contributed by atoms with van der Waals surface area (Å²) < 4.78 is 1.83. The van der Waals surface area contributed by atoms with Crippen LogP contribution < -0.4 is 10.6 Å². The van der Waals surface area contributed by atoms with E-state index in [9.17, 15) is 9.59 Å². The number of piperazine rings is 1. The molecule has 7 nitrogen and oxygen atoms in total. The lowest BCUT2D eigenvalue weighted by atomic mass is 10.2. The van der Waals surface area contributed by atoms with Gasteiger partial charge in [0.1, 0.15) is 0 Å². The third kappa shape index (κ3) is 4.06. The number of hydrogen-bond acceptors (Lipinski definition) is 4. The van der Waals surface area contributed by atoms with Gasteiger partial charge in [0.2, 0.25) is 11.8 Å². The van der Waals surface area contributed by atoms with E-state index in [1.165, 1.54) is 0 Å². The van der Waals surface area contributed by atoms with E-state index < -0.39 is 0 Å². The van der Waals surface area contributed by atoms with Crippen LogP contribution in [0.25, 0.3) is 5.69 Å². The van der Waals surface area contributed by atoms with E-state index in [0.29, 0.717) is 26.1 Å². The molecule has 132 valence electrons. The van der Waals surface area contributed by atoms with Gasteiger partial charge in [-0.2, -0.15) is 5.10 Å². The zero-order chi connectivity index (χ0) is 17.8. The number of nitrogens with one attached hydrogen (secondary N) is 2. The Hall–Kier alpha value is -2.67. The number of para-hydroxylation sites is 1. The van der Waals surface area contributed by atoms with Crippen LogP contribution in [0.4, 0.5) is 5.69 Å². The first-order valence-corrected chi connectivity index (χ1v) is 8.45. The molecule has 0 spiro atoms. The molecule has 2 heterocycles. The third-order valence-electron chi connectivity index (χ3n) is 4.33. The maximum Gasteiger partial charge on any atom is 0.234 e. The van der Waals surface area contributed by atoms with Gasteiger partial charge in [0, 0.05) is 26.1 Å². The van der Waals surface area contributed by atoms with Crippen molar-refractivity contribution in [1.29, 1.82) is 0 Å². The molecule has 0 atom stereocenters. The Balaban J connectivity index is 1.63. The average Bonchev–Trinajstić information content (AvgIpc) is 2.89. The Morgan fingerprint density at radius 3 is 2.76 bits per heavy atom. The van der Waals surface area contributed by atoms with Crippen molar-refractivity contribution in [1.82, 2.24) is 20.0 Å². The van der Waals surface area contributed by atoms with Crippen molar-refractivity contribution in [3.63, 3.8) is 0 Å². The standard InChI is InChI=1S/C18H23N5O2/c1-13-18(14(2)23(21-13)15-6-4-3-5-7-15)20-16(24)8-10-22-11-9-19-17(25)12-22/h3-7H,8-12H2,1-2H3,(H,19,25)(H,20,24). The minimum atomic E-state index is -0.0650. The molecule has 0 unspecified atom stereocenters. The topological polar surface area (TPSA) is 79.3 Å². The normalized spacial score (nSPS) is 15.0. The van der Waals surface area contributed by atoms with Crippen LogP contribution >= 0.6 is 0 Å². The quantitative estimate of drug-likeness (QED) is 0.858. The summed E-state index contributed by atoms with van der Waals surface area (Å²) in [6, 6.07) is 9.83. The highest BCUT2D eigenvalue weighted by Crippen LogP contribution is 2.22. The molecule has 0 saturated carbocycles. The Kier molecular flexibility index (Phi) is 5.14. The number of hydrogen-bond donors (Lipinski definition) is 2. The number of nitrogens with zero attached hydrogens (tertiary/aromatic N) is 3. The molecular formula is C18H23N5O2. The smallest absolute Gasteiger partial charge is 0.234 e. The Labute approximate surface area is 147 Å². The van der Waals surface area contributed by atoms with Crippen LogP contribution in [0.2, 0.25) is 0 Å². The number of benzene rings is 1. The summed E-state index contributed by atoms with van der Waals surface area (Å²) in [7, 11) is 0. The van der Waals surface area contributed by atoms with Gasteiger partial charge in [0.05, 0.1) is 29.3 Å². The van der Waals surface area contributed by atoms with E-state index >= 15 is 0 Å². The van der Waals surface area contributed by atoms with Crippen molar-refractivity contribution in [3.05, 3.63) is 41.7 Å². The number of carbonyl (C=O) groups is 2. The van der Waals surface area contributed by atoms with Crippen LogP contribution in [-0.2, 0) is 9.59 Å². The molecule has 1 fully saturated rings. The molecule has 1 saturated heterocycles. The van der Waals surface area contributed by atoms with Gasteiger partial charge in [-0.15, -0.1) is 0 Å². The van der Waals surface area contributed by atoms with Crippen molar-refractivity contribution in [2.24, 2.45) is 0 Å². The Morgan fingerprint density at radius 2 is 2.04 bits per heavy atom. The fourth-order valence-electron chi connectivity index (χ4n) is 2.99. The fraction of sp³-hybridized carbons (Fsp3) is 0.389. The number of amides is 2. The molecule has 1 aromatic heterocycles. The maximum absolute atomic E-state index is 12.3. The minimum absolute atomic E-state index is 0.0162. The van der Waals surface area contributed by atoms with Crippen LogP contribution in [0.15, 0.2) is 30.3 Å².